The van der Waals surface area contributed by atoms with Gasteiger partial charge in [-0.15, -0.1) is 0 Å². The molecule has 0 saturated heterocycles. The molecule has 0 aromatic heterocycles. The second kappa shape index (κ2) is 6.76. The minimum Gasteiger partial charge on any atom is -0.434 e. The SMILES string of the molecule is O=C(Cc1cc(Br)ccc1F)c1ccccc1OC(F)F. The molecule has 2 aromatic rings. The van der Waals surface area contributed by atoms with Gasteiger partial charge in [0.25, 0.3) is 0 Å². The molecule has 0 bridgehead atoms. The minimum atomic E-state index is -3.03. The third kappa shape index (κ3) is 4.07. The van der Waals surface area contributed by atoms with Crippen LogP contribution in [-0.4, -0.2) is 12.4 Å². The van der Waals surface area contributed by atoms with Gasteiger partial charge in [-0.3, -0.25) is 4.79 Å². The van der Waals surface area contributed by atoms with E-state index in [1.54, 1.807) is 0 Å². The van der Waals surface area contributed by atoms with Gasteiger partial charge in [0, 0.05) is 10.9 Å². The van der Waals surface area contributed by atoms with Crippen LogP contribution in [0.2, 0.25) is 0 Å². The molecular formula is C15H10BrF3O2. The number of benzene rings is 2. The zero-order valence-electron chi connectivity index (χ0n) is 10.7. The normalized spacial score (nSPS) is 10.7. The fourth-order valence-corrected chi connectivity index (χ4v) is 2.25. The van der Waals surface area contributed by atoms with Crippen LogP contribution in [0.3, 0.4) is 0 Å². The lowest BCUT2D eigenvalue weighted by molar-refractivity contribution is -0.0501. The lowest BCUT2D eigenvalue weighted by atomic mass is 10.0. The Morgan fingerprint density at radius 3 is 2.62 bits per heavy atom. The Balaban J connectivity index is 2.26. The first kappa shape index (κ1) is 15.6. The summed E-state index contributed by atoms with van der Waals surface area (Å²) >= 11 is 3.19. The molecule has 2 aromatic carbocycles. The molecule has 0 aliphatic rings. The molecule has 2 nitrogen and oxygen atoms in total. The lowest BCUT2D eigenvalue weighted by Crippen LogP contribution is -2.10. The van der Waals surface area contributed by atoms with Gasteiger partial charge in [0.15, 0.2) is 5.78 Å². The molecule has 2 rings (SSSR count). The van der Waals surface area contributed by atoms with Crippen LogP contribution in [0.4, 0.5) is 13.2 Å². The van der Waals surface area contributed by atoms with Gasteiger partial charge in [0.1, 0.15) is 11.6 Å². The number of carbonyl (C=O) groups is 1. The average Bonchev–Trinajstić information content (AvgIpc) is 2.42. The van der Waals surface area contributed by atoms with Crippen molar-refractivity contribution in [3.05, 3.63) is 63.9 Å². The lowest BCUT2D eigenvalue weighted by Gasteiger charge is -2.10. The van der Waals surface area contributed by atoms with Gasteiger partial charge in [-0.25, -0.2) is 4.39 Å². The molecule has 0 saturated carbocycles. The summed E-state index contributed by atoms with van der Waals surface area (Å²) in [5.41, 5.74) is 0.179. The highest BCUT2D eigenvalue weighted by atomic mass is 79.9. The summed E-state index contributed by atoms with van der Waals surface area (Å²) < 4.78 is 43.2. The number of hydrogen-bond acceptors (Lipinski definition) is 2. The maximum atomic E-state index is 13.6. The van der Waals surface area contributed by atoms with Crippen LogP contribution in [0.15, 0.2) is 46.9 Å². The van der Waals surface area contributed by atoms with Crippen LogP contribution in [0.1, 0.15) is 15.9 Å². The summed E-state index contributed by atoms with van der Waals surface area (Å²) in [6.07, 6.45) is -0.241. The number of halogens is 4. The van der Waals surface area contributed by atoms with E-state index in [0.717, 1.165) is 0 Å². The first-order chi connectivity index (χ1) is 9.97. The second-order valence-electron chi connectivity index (χ2n) is 4.21. The molecule has 0 aliphatic heterocycles. The van der Waals surface area contributed by atoms with E-state index in [9.17, 15) is 18.0 Å². The van der Waals surface area contributed by atoms with Gasteiger partial charge >= 0.3 is 6.61 Å². The quantitative estimate of drug-likeness (QED) is 0.729. The number of Topliss-reactive ketones (excluding diaryl/α,β-unsaturated/α-hetero) is 1. The van der Waals surface area contributed by atoms with Crippen LogP contribution in [0, 0.1) is 5.82 Å². The highest BCUT2D eigenvalue weighted by Gasteiger charge is 2.17. The topological polar surface area (TPSA) is 26.3 Å². The average molecular weight is 359 g/mol. The molecule has 0 atom stereocenters. The van der Waals surface area contributed by atoms with Crippen molar-refractivity contribution in [2.75, 3.05) is 0 Å². The molecule has 21 heavy (non-hydrogen) atoms. The number of carbonyl (C=O) groups excluding carboxylic acids is 1. The Hall–Kier alpha value is -1.82. The number of para-hydroxylation sites is 1. The van der Waals surface area contributed by atoms with Crippen molar-refractivity contribution in [2.24, 2.45) is 0 Å². The maximum absolute atomic E-state index is 13.6. The van der Waals surface area contributed by atoms with Gasteiger partial charge in [0.2, 0.25) is 0 Å². The van der Waals surface area contributed by atoms with E-state index in [4.69, 9.17) is 0 Å². The molecular weight excluding hydrogens is 349 g/mol. The number of alkyl halides is 2. The van der Waals surface area contributed by atoms with Crippen molar-refractivity contribution >= 4 is 21.7 Å². The number of ketones is 1. The van der Waals surface area contributed by atoms with Gasteiger partial charge in [-0.2, -0.15) is 8.78 Å². The van der Waals surface area contributed by atoms with E-state index in [0.29, 0.717) is 4.47 Å². The van der Waals surface area contributed by atoms with Crippen molar-refractivity contribution in [3.63, 3.8) is 0 Å². The fourth-order valence-electron chi connectivity index (χ4n) is 1.84. The van der Waals surface area contributed by atoms with Crippen LogP contribution < -0.4 is 4.74 Å². The number of ether oxygens (including phenoxy) is 1. The fraction of sp³-hybridized carbons (Fsp3) is 0.133. The second-order valence-corrected chi connectivity index (χ2v) is 5.13. The molecule has 0 aliphatic carbocycles. The largest absolute Gasteiger partial charge is 0.434 e. The van der Waals surface area contributed by atoms with E-state index in [2.05, 4.69) is 20.7 Å². The smallest absolute Gasteiger partial charge is 0.387 e. The predicted molar refractivity (Wildman–Crippen MR) is 75.2 cm³/mol. The zero-order valence-corrected chi connectivity index (χ0v) is 12.2. The summed E-state index contributed by atoms with van der Waals surface area (Å²) in [5, 5.41) is 0. The Labute approximate surface area is 127 Å². The minimum absolute atomic E-state index is 0.00262. The first-order valence-electron chi connectivity index (χ1n) is 5.98. The van der Waals surface area contributed by atoms with Crippen LogP contribution >= 0.6 is 15.9 Å². The molecule has 0 radical (unpaired) electrons. The molecule has 0 unspecified atom stereocenters. The standard InChI is InChI=1S/C15H10BrF3O2/c16-10-5-6-12(17)9(7-10)8-13(20)11-3-1-2-4-14(11)21-15(18)19/h1-7,15H,8H2. The Morgan fingerprint density at radius 2 is 1.90 bits per heavy atom. The monoisotopic (exact) mass is 358 g/mol. The van der Waals surface area contributed by atoms with Gasteiger partial charge in [-0.1, -0.05) is 28.1 Å². The number of rotatable bonds is 5. The van der Waals surface area contributed by atoms with Crippen molar-refractivity contribution in [1.29, 1.82) is 0 Å². The van der Waals surface area contributed by atoms with Gasteiger partial charge in [0.05, 0.1) is 5.56 Å². The van der Waals surface area contributed by atoms with Crippen LogP contribution in [0.25, 0.3) is 0 Å². The molecule has 6 heteroatoms. The number of hydrogen-bond donors (Lipinski definition) is 0. The maximum Gasteiger partial charge on any atom is 0.387 e. The van der Waals surface area contributed by atoms with Gasteiger partial charge in [-0.05, 0) is 35.9 Å². The molecule has 0 N–H and O–H groups in total. The predicted octanol–water partition coefficient (Wildman–Crippen LogP) is 4.62. The molecule has 0 heterocycles. The Bertz CT molecular complexity index is 659. The molecule has 0 spiro atoms. The van der Waals surface area contributed by atoms with Crippen molar-refractivity contribution in [3.8, 4) is 5.75 Å². The Kier molecular flexibility index (Phi) is 5.01. The molecule has 0 fully saturated rings. The van der Waals surface area contributed by atoms with Crippen LogP contribution in [-0.2, 0) is 6.42 Å². The summed E-state index contributed by atoms with van der Waals surface area (Å²) in [6.45, 7) is -3.03. The van der Waals surface area contributed by atoms with Crippen LogP contribution in [0.5, 0.6) is 5.75 Å². The summed E-state index contributed by atoms with van der Waals surface area (Å²) in [5.74, 6) is -1.24. The van der Waals surface area contributed by atoms with E-state index >= 15 is 0 Å². The third-order valence-corrected chi connectivity index (χ3v) is 3.26. The molecule has 110 valence electrons. The van der Waals surface area contributed by atoms with Crippen molar-refractivity contribution in [1.82, 2.24) is 0 Å². The first-order valence-corrected chi connectivity index (χ1v) is 6.77. The van der Waals surface area contributed by atoms with Crippen molar-refractivity contribution in [2.45, 2.75) is 13.0 Å². The Morgan fingerprint density at radius 1 is 1.19 bits per heavy atom. The summed E-state index contributed by atoms with van der Waals surface area (Å²) in [4.78, 5) is 12.2. The molecule has 0 amide bonds. The highest BCUT2D eigenvalue weighted by Crippen LogP contribution is 2.23. The third-order valence-electron chi connectivity index (χ3n) is 2.76. The highest BCUT2D eigenvalue weighted by molar-refractivity contribution is 9.10. The summed E-state index contributed by atoms with van der Waals surface area (Å²) in [6, 6.07) is 9.87. The van der Waals surface area contributed by atoms with Gasteiger partial charge < -0.3 is 4.74 Å². The summed E-state index contributed by atoms with van der Waals surface area (Å²) in [7, 11) is 0. The van der Waals surface area contributed by atoms with E-state index in [1.165, 1.54) is 42.5 Å². The van der Waals surface area contributed by atoms with E-state index in [-0.39, 0.29) is 23.3 Å². The van der Waals surface area contributed by atoms with E-state index < -0.39 is 18.2 Å². The van der Waals surface area contributed by atoms with Crippen molar-refractivity contribution < 1.29 is 22.7 Å². The zero-order chi connectivity index (χ0) is 15.4. The van der Waals surface area contributed by atoms with E-state index in [1.807, 2.05) is 0 Å².